The molecule has 0 unspecified atom stereocenters. The Kier molecular flexibility index (Phi) is 5.31. The Morgan fingerprint density at radius 2 is 1.80 bits per heavy atom. The van der Waals surface area contributed by atoms with E-state index in [9.17, 15) is 22.8 Å². The highest BCUT2D eigenvalue weighted by atomic mass is 19.2. The van der Waals surface area contributed by atoms with Gasteiger partial charge in [0.2, 0.25) is 5.91 Å². The van der Waals surface area contributed by atoms with Gasteiger partial charge in [0.25, 0.3) is 0 Å². The zero-order valence-electron chi connectivity index (χ0n) is 10.8. The Labute approximate surface area is 113 Å². The van der Waals surface area contributed by atoms with Crippen LogP contribution in [-0.4, -0.2) is 19.0 Å². The maximum atomic E-state index is 13.4. The van der Waals surface area contributed by atoms with Crippen LogP contribution in [0.3, 0.4) is 0 Å². The van der Waals surface area contributed by atoms with E-state index < -0.39 is 29.3 Å². The second-order valence-corrected chi connectivity index (χ2v) is 3.85. The number of carbonyl (C=O) groups is 2. The Balaban J connectivity index is 3.00. The van der Waals surface area contributed by atoms with Crippen molar-refractivity contribution in [2.75, 3.05) is 7.11 Å². The average Bonchev–Trinajstić information content (AvgIpc) is 2.38. The fraction of sp³-hybridized carbons (Fsp3) is 0.231. The largest absolute Gasteiger partial charge is 0.464 e. The number of amides is 1. The predicted molar refractivity (Wildman–Crippen MR) is 63.9 cm³/mol. The molecule has 0 aliphatic heterocycles. The average molecular weight is 287 g/mol. The summed E-state index contributed by atoms with van der Waals surface area (Å²) in [4.78, 5) is 22.2. The number of methoxy groups -OCH3 is 1. The Morgan fingerprint density at radius 1 is 1.20 bits per heavy atom. The van der Waals surface area contributed by atoms with Crippen molar-refractivity contribution in [3.63, 3.8) is 0 Å². The van der Waals surface area contributed by atoms with Gasteiger partial charge in [-0.05, 0) is 24.1 Å². The van der Waals surface area contributed by atoms with Crippen molar-refractivity contribution in [1.29, 1.82) is 0 Å². The number of benzene rings is 1. The third-order valence-corrected chi connectivity index (χ3v) is 2.33. The number of rotatable bonds is 4. The summed E-state index contributed by atoms with van der Waals surface area (Å²) < 4.78 is 43.6. The highest BCUT2D eigenvalue weighted by Crippen LogP contribution is 2.15. The van der Waals surface area contributed by atoms with E-state index in [0.29, 0.717) is 12.1 Å². The summed E-state index contributed by atoms with van der Waals surface area (Å²) in [7, 11) is 1.11. The predicted octanol–water partition coefficient (Wildman–Crippen LogP) is 1.84. The summed E-state index contributed by atoms with van der Waals surface area (Å²) in [6, 6.07) is 1.10. The van der Waals surface area contributed by atoms with Gasteiger partial charge < -0.3 is 10.1 Å². The summed E-state index contributed by atoms with van der Waals surface area (Å²) in [5.74, 6) is -4.80. The summed E-state index contributed by atoms with van der Waals surface area (Å²) >= 11 is 0. The minimum absolute atomic E-state index is 0.157. The van der Waals surface area contributed by atoms with Gasteiger partial charge in [-0.3, -0.25) is 4.79 Å². The topological polar surface area (TPSA) is 55.4 Å². The highest BCUT2D eigenvalue weighted by molar-refractivity contribution is 5.93. The molecule has 0 bridgehead atoms. The smallest absolute Gasteiger partial charge is 0.354 e. The molecule has 20 heavy (non-hydrogen) atoms. The second-order valence-electron chi connectivity index (χ2n) is 3.85. The monoisotopic (exact) mass is 287 g/mol. The molecular weight excluding hydrogens is 275 g/mol. The SMILES string of the molecule is COC(=O)C(=CCc1cc(F)c(F)cc1F)NC(C)=O. The standard InChI is InChI=1S/C13H12F3NO3/c1-7(18)17-12(13(19)20-2)4-3-8-5-10(15)11(16)6-9(8)14/h4-6H,3H2,1-2H3,(H,17,18). The van der Waals surface area contributed by atoms with Crippen molar-refractivity contribution in [3.05, 3.63) is 46.9 Å². The van der Waals surface area contributed by atoms with E-state index in [2.05, 4.69) is 10.1 Å². The highest BCUT2D eigenvalue weighted by Gasteiger charge is 2.13. The number of allylic oxidation sites excluding steroid dienone is 1. The minimum atomic E-state index is -1.30. The zero-order chi connectivity index (χ0) is 15.3. The van der Waals surface area contributed by atoms with Crippen LogP contribution in [0.2, 0.25) is 0 Å². The van der Waals surface area contributed by atoms with Gasteiger partial charge >= 0.3 is 5.97 Å². The van der Waals surface area contributed by atoms with Gasteiger partial charge in [0.15, 0.2) is 11.6 Å². The van der Waals surface area contributed by atoms with Gasteiger partial charge in [-0.1, -0.05) is 0 Å². The number of hydrogen-bond donors (Lipinski definition) is 1. The van der Waals surface area contributed by atoms with Crippen LogP contribution in [0.25, 0.3) is 0 Å². The lowest BCUT2D eigenvalue weighted by Gasteiger charge is -2.06. The molecule has 0 saturated heterocycles. The van der Waals surface area contributed by atoms with Crippen LogP contribution in [0.5, 0.6) is 0 Å². The van der Waals surface area contributed by atoms with Crippen molar-refractivity contribution in [2.45, 2.75) is 13.3 Å². The van der Waals surface area contributed by atoms with Gasteiger partial charge in [-0.15, -0.1) is 0 Å². The van der Waals surface area contributed by atoms with E-state index in [4.69, 9.17) is 0 Å². The number of hydrogen-bond acceptors (Lipinski definition) is 3. The first-order valence-corrected chi connectivity index (χ1v) is 5.54. The first kappa shape index (κ1) is 15.7. The molecule has 0 spiro atoms. The van der Waals surface area contributed by atoms with Gasteiger partial charge in [-0.2, -0.15) is 0 Å². The fourth-order valence-electron chi connectivity index (χ4n) is 1.42. The first-order chi connectivity index (χ1) is 9.35. The molecule has 1 aromatic rings. The van der Waals surface area contributed by atoms with E-state index in [1.54, 1.807) is 0 Å². The molecule has 0 fully saturated rings. The third-order valence-electron chi connectivity index (χ3n) is 2.33. The molecule has 4 nitrogen and oxygen atoms in total. The normalized spacial score (nSPS) is 11.2. The van der Waals surface area contributed by atoms with E-state index in [-0.39, 0.29) is 17.7 Å². The molecule has 0 saturated carbocycles. The maximum Gasteiger partial charge on any atom is 0.354 e. The summed E-state index contributed by atoms with van der Waals surface area (Å²) in [6.07, 6.45) is 0.941. The number of halogens is 3. The van der Waals surface area contributed by atoms with Crippen LogP contribution in [0, 0.1) is 17.5 Å². The van der Waals surface area contributed by atoms with Crippen LogP contribution in [0.15, 0.2) is 23.9 Å². The Bertz CT molecular complexity index is 570. The van der Waals surface area contributed by atoms with Gasteiger partial charge in [0.1, 0.15) is 11.5 Å². The van der Waals surface area contributed by atoms with Crippen molar-refractivity contribution >= 4 is 11.9 Å². The van der Waals surface area contributed by atoms with Crippen LogP contribution < -0.4 is 5.32 Å². The van der Waals surface area contributed by atoms with Gasteiger partial charge in [0.05, 0.1) is 7.11 Å². The molecular formula is C13H12F3NO3. The number of carbonyl (C=O) groups excluding carboxylic acids is 2. The summed E-state index contributed by atoms with van der Waals surface area (Å²) in [5, 5.41) is 2.20. The quantitative estimate of drug-likeness (QED) is 0.522. The second kappa shape index (κ2) is 6.74. The molecule has 0 aromatic heterocycles. The van der Waals surface area contributed by atoms with E-state index in [1.807, 2.05) is 0 Å². The first-order valence-electron chi connectivity index (χ1n) is 5.54. The molecule has 0 atom stereocenters. The summed E-state index contributed by atoms with van der Waals surface area (Å²) in [5.41, 5.74) is -0.361. The lowest BCUT2D eigenvalue weighted by Crippen LogP contribution is -2.26. The molecule has 0 radical (unpaired) electrons. The van der Waals surface area contributed by atoms with Crippen LogP contribution in [-0.2, 0) is 20.7 Å². The van der Waals surface area contributed by atoms with Gasteiger partial charge in [0, 0.05) is 13.0 Å². The molecule has 0 aliphatic carbocycles. The third kappa shape index (κ3) is 4.11. The molecule has 1 rings (SSSR count). The molecule has 0 heterocycles. The molecule has 1 aromatic carbocycles. The number of esters is 1. The number of ether oxygens (including phenoxy) is 1. The van der Waals surface area contributed by atoms with E-state index in [1.165, 1.54) is 6.92 Å². The van der Waals surface area contributed by atoms with E-state index >= 15 is 0 Å². The van der Waals surface area contributed by atoms with Crippen molar-refractivity contribution in [3.8, 4) is 0 Å². The van der Waals surface area contributed by atoms with Crippen LogP contribution >= 0.6 is 0 Å². The maximum absolute atomic E-state index is 13.4. The minimum Gasteiger partial charge on any atom is -0.464 e. The van der Waals surface area contributed by atoms with Crippen molar-refractivity contribution in [1.82, 2.24) is 5.32 Å². The Morgan fingerprint density at radius 3 is 2.35 bits per heavy atom. The lowest BCUT2D eigenvalue weighted by molar-refractivity contribution is -0.137. The number of nitrogens with one attached hydrogen (secondary N) is 1. The molecule has 108 valence electrons. The summed E-state index contributed by atoms with van der Waals surface area (Å²) in [6.45, 7) is 1.18. The molecule has 7 heteroatoms. The zero-order valence-corrected chi connectivity index (χ0v) is 10.8. The molecule has 1 amide bonds. The van der Waals surface area contributed by atoms with Crippen molar-refractivity contribution < 1.29 is 27.5 Å². The van der Waals surface area contributed by atoms with Gasteiger partial charge in [-0.25, -0.2) is 18.0 Å². The van der Waals surface area contributed by atoms with Crippen LogP contribution in [0.1, 0.15) is 12.5 Å². The Hall–Kier alpha value is -2.31. The van der Waals surface area contributed by atoms with Crippen molar-refractivity contribution in [2.24, 2.45) is 0 Å². The van der Waals surface area contributed by atoms with Crippen LogP contribution in [0.4, 0.5) is 13.2 Å². The van der Waals surface area contributed by atoms with E-state index in [0.717, 1.165) is 13.2 Å². The lowest BCUT2D eigenvalue weighted by atomic mass is 10.1. The fourth-order valence-corrected chi connectivity index (χ4v) is 1.42. The molecule has 0 aliphatic rings. The molecule has 1 N–H and O–H groups in total.